The first kappa shape index (κ1) is 14.3. The quantitative estimate of drug-likeness (QED) is 0.808. The number of hydrogen-bond acceptors (Lipinski definition) is 3. The van der Waals surface area contributed by atoms with Crippen molar-refractivity contribution in [3.63, 3.8) is 0 Å². The van der Waals surface area contributed by atoms with Gasteiger partial charge in [0.15, 0.2) is 0 Å². The molecule has 1 saturated heterocycles. The molecule has 1 aliphatic heterocycles. The molecule has 0 spiro atoms. The number of aliphatic hydroxyl groups is 1. The van der Waals surface area contributed by atoms with E-state index in [9.17, 15) is 5.11 Å². The molecular formula is C15H30N2O. The fraction of sp³-hybridized carbons (Fsp3) is 1.00. The van der Waals surface area contributed by atoms with Crippen molar-refractivity contribution >= 4 is 0 Å². The second-order valence-corrected chi connectivity index (χ2v) is 7.41. The SMILES string of the molecule is CCC(N)C(N1CC2CCC(O)C2C1)C(C)(C)C. The highest BCUT2D eigenvalue weighted by Crippen LogP contribution is 2.41. The number of hydrogen-bond donors (Lipinski definition) is 2. The highest BCUT2D eigenvalue weighted by atomic mass is 16.3. The van der Waals surface area contributed by atoms with E-state index < -0.39 is 0 Å². The van der Waals surface area contributed by atoms with Crippen molar-refractivity contribution in [3.05, 3.63) is 0 Å². The standard InChI is InChI=1S/C15H30N2O/c1-5-12(16)14(15(2,3)4)17-8-10-6-7-13(18)11(10)9-17/h10-14,18H,5-9,16H2,1-4H3. The van der Waals surface area contributed by atoms with Crippen LogP contribution in [0.4, 0.5) is 0 Å². The molecule has 0 aromatic heterocycles. The van der Waals surface area contributed by atoms with E-state index in [0.29, 0.717) is 17.9 Å². The molecular weight excluding hydrogens is 224 g/mol. The highest BCUT2D eigenvalue weighted by molar-refractivity contribution is 5.00. The van der Waals surface area contributed by atoms with E-state index in [-0.39, 0.29) is 17.6 Å². The minimum absolute atomic E-state index is 0.0709. The zero-order chi connectivity index (χ0) is 13.5. The van der Waals surface area contributed by atoms with Crippen LogP contribution < -0.4 is 5.73 Å². The first-order valence-electron chi connectivity index (χ1n) is 7.52. The van der Waals surface area contributed by atoms with Crippen molar-refractivity contribution in [1.29, 1.82) is 0 Å². The van der Waals surface area contributed by atoms with Crippen molar-refractivity contribution in [2.24, 2.45) is 23.0 Å². The van der Waals surface area contributed by atoms with Crippen molar-refractivity contribution in [2.45, 2.75) is 65.1 Å². The maximum absolute atomic E-state index is 10.0. The van der Waals surface area contributed by atoms with Gasteiger partial charge in [-0.05, 0) is 30.6 Å². The van der Waals surface area contributed by atoms with E-state index in [2.05, 4.69) is 32.6 Å². The Kier molecular flexibility index (Phi) is 4.05. The molecule has 3 nitrogen and oxygen atoms in total. The summed E-state index contributed by atoms with van der Waals surface area (Å²) in [5, 5.41) is 10.0. The zero-order valence-electron chi connectivity index (χ0n) is 12.4. The van der Waals surface area contributed by atoms with Gasteiger partial charge < -0.3 is 10.8 Å². The lowest BCUT2D eigenvalue weighted by molar-refractivity contribution is 0.0734. The van der Waals surface area contributed by atoms with E-state index >= 15 is 0 Å². The second-order valence-electron chi connectivity index (χ2n) is 7.41. The van der Waals surface area contributed by atoms with Gasteiger partial charge in [0, 0.05) is 31.1 Å². The summed E-state index contributed by atoms with van der Waals surface area (Å²) in [4.78, 5) is 2.56. The van der Waals surface area contributed by atoms with Crippen LogP contribution in [0.5, 0.6) is 0 Å². The van der Waals surface area contributed by atoms with Gasteiger partial charge in [-0.1, -0.05) is 27.7 Å². The van der Waals surface area contributed by atoms with E-state index in [1.165, 1.54) is 6.42 Å². The maximum Gasteiger partial charge on any atom is 0.0583 e. The van der Waals surface area contributed by atoms with Crippen LogP contribution in [-0.2, 0) is 0 Å². The van der Waals surface area contributed by atoms with E-state index in [1.807, 2.05) is 0 Å². The average molecular weight is 254 g/mol. The Balaban J connectivity index is 2.10. The number of fused-ring (bicyclic) bond motifs is 1. The topological polar surface area (TPSA) is 49.5 Å². The fourth-order valence-electron chi connectivity index (χ4n) is 4.18. The van der Waals surface area contributed by atoms with Gasteiger partial charge in [0.05, 0.1) is 6.10 Å². The molecule has 3 N–H and O–H groups in total. The summed E-state index contributed by atoms with van der Waals surface area (Å²) >= 11 is 0. The molecule has 0 amide bonds. The fourth-order valence-corrected chi connectivity index (χ4v) is 4.18. The lowest BCUT2D eigenvalue weighted by atomic mass is 9.80. The summed E-state index contributed by atoms with van der Waals surface area (Å²) in [5.41, 5.74) is 6.57. The Morgan fingerprint density at radius 1 is 1.28 bits per heavy atom. The number of nitrogens with two attached hydrogens (primary N) is 1. The van der Waals surface area contributed by atoms with Crippen LogP contribution >= 0.6 is 0 Å². The van der Waals surface area contributed by atoms with Gasteiger partial charge in [0.25, 0.3) is 0 Å². The Morgan fingerprint density at radius 3 is 2.44 bits per heavy atom. The molecule has 0 radical (unpaired) electrons. The lowest BCUT2D eigenvalue weighted by Crippen LogP contribution is -2.54. The van der Waals surface area contributed by atoms with Crippen LogP contribution in [0.25, 0.3) is 0 Å². The smallest absolute Gasteiger partial charge is 0.0583 e. The van der Waals surface area contributed by atoms with Crippen molar-refractivity contribution in [2.75, 3.05) is 13.1 Å². The van der Waals surface area contributed by atoms with Gasteiger partial charge in [-0.15, -0.1) is 0 Å². The Hall–Kier alpha value is -0.120. The minimum atomic E-state index is -0.0709. The van der Waals surface area contributed by atoms with Gasteiger partial charge in [-0.2, -0.15) is 0 Å². The molecule has 1 aliphatic carbocycles. The van der Waals surface area contributed by atoms with E-state index in [4.69, 9.17) is 5.73 Å². The summed E-state index contributed by atoms with van der Waals surface area (Å²) in [6, 6.07) is 0.668. The molecule has 3 heteroatoms. The molecule has 1 saturated carbocycles. The van der Waals surface area contributed by atoms with Crippen molar-refractivity contribution in [1.82, 2.24) is 4.90 Å². The summed E-state index contributed by atoms with van der Waals surface area (Å²) < 4.78 is 0. The number of likely N-dealkylation sites (tertiary alicyclic amines) is 1. The molecule has 106 valence electrons. The highest BCUT2D eigenvalue weighted by Gasteiger charge is 2.46. The Labute approximate surface area is 112 Å². The van der Waals surface area contributed by atoms with Crippen LogP contribution in [0.3, 0.4) is 0 Å². The molecule has 0 aromatic rings. The van der Waals surface area contributed by atoms with Crippen LogP contribution in [0.15, 0.2) is 0 Å². The normalized spacial score (nSPS) is 36.7. The van der Waals surface area contributed by atoms with Crippen molar-refractivity contribution < 1.29 is 5.11 Å². The van der Waals surface area contributed by atoms with Gasteiger partial charge >= 0.3 is 0 Å². The van der Waals surface area contributed by atoms with Crippen LogP contribution in [0.2, 0.25) is 0 Å². The van der Waals surface area contributed by atoms with Crippen LogP contribution in [0.1, 0.15) is 47.0 Å². The monoisotopic (exact) mass is 254 g/mol. The molecule has 18 heavy (non-hydrogen) atoms. The summed E-state index contributed by atoms with van der Waals surface area (Å²) in [5.74, 6) is 1.20. The van der Waals surface area contributed by atoms with E-state index in [0.717, 1.165) is 25.9 Å². The number of rotatable bonds is 3. The third kappa shape index (κ3) is 2.59. The number of aliphatic hydroxyl groups excluding tert-OH is 1. The van der Waals surface area contributed by atoms with Gasteiger partial charge in [-0.25, -0.2) is 0 Å². The Bertz CT molecular complexity index is 287. The molecule has 0 aromatic carbocycles. The van der Waals surface area contributed by atoms with Crippen molar-refractivity contribution in [3.8, 4) is 0 Å². The summed E-state index contributed by atoms with van der Waals surface area (Å²) in [6.45, 7) is 11.2. The first-order valence-corrected chi connectivity index (χ1v) is 7.52. The largest absolute Gasteiger partial charge is 0.393 e. The second kappa shape index (κ2) is 5.10. The molecule has 1 heterocycles. The third-order valence-corrected chi connectivity index (χ3v) is 5.00. The molecule has 2 aliphatic rings. The molecule has 0 bridgehead atoms. The van der Waals surface area contributed by atoms with Crippen LogP contribution in [0, 0.1) is 17.3 Å². The zero-order valence-corrected chi connectivity index (χ0v) is 12.4. The first-order chi connectivity index (χ1) is 8.34. The molecule has 2 fully saturated rings. The third-order valence-electron chi connectivity index (χ3n) is 5.00. The minimum Gasteiger partial charge on any atom is -0.393 e. The Morgan fingerprint density at radius 2 is 1.94 bits per heavy atom. The van der Waals surface area contributed by atoms with E-state index in [1.54, 1.807) is 0 Å². The maximum atomic E-state index is 10.0. The summed E-state index contributed by atoms with van der Waals surface area (Å²) in [7, 11) is 0. The predicted molar refractivity (Wildman–Crippen MR) is 75.3 cm³/mol. The van der Waals surface area contributed by atoms with Crippen LogP contribution in [-0.4, -0.2) is 41.3 Å². The summed E-state index contributed by atoms with van der Waals surface area (Å²) in [6.07, 6.45) is 3.15. The average Bonchev–Trinajstić information content (AvgIpc) is 2.79. The number of nitrogens with zero attached hydrogens (tertiary/aromatic N) is 1. The molecule has 5 unspecified atom stereocenters. The van der Waals surface area contributed by atoms with Gasteiger partial charge in [0.1, 0.15) is 0 Å². The lowest BCUT2D eigenvalue weighted by Gasteiger charge is -2.42. The van der Waals surface area contributed by atoms with Gasteiger partial charge in [-0.3, -0.25) is 4.90 Å². The molecule has 5 atom stereocenters. The van der Waals surface area contributed by atoms with Gasteiger partial charge in [0.2, 0.25) is 0 Å². The predicted octanol–water partition coefficient (Wildman–Crippen LogP) is 1.84. The molecule has 2 rings (SSSR count).